The highest BCUT2D eigenvalue weighted by molar-refractivity contribution is 6.10. The van der Waals surface area contributed by atoms with Crippen molar-refractivity contribution in [3.63, 3.8) is 0 Å². The molecule has 1 aliphatic rings. The van der Waals surface area contributed by atoms with Crippen LogP contribution in [0.3, 0.4) is 0 Å². The van der Waals surface area contributed by atoms with E-state index in [-0.39, 0.29) is 18.5 Å². The molecular formula is C29H39N7O2. The number of piperazine rings is 1. The molecule has 0 aliphatic carbocycles. The normalized spacial score (nSPS) is 15.2. The summed E-state index contributed by atoms with van der Waals surface area (Å²) in [6.45, 7) is 11.9. The van der Waals surface area contributed by atoms with Gasteiger partial charge in [-0.05, 0) is 62.6 Å². The van der Waals surface area contributed by atoms with Gasteiger partial charge in [-0.1, -0.05) is 6.92 Å². The van der Waals surface area contributed by atoms with Crippen LogP contribution in [0.1, 0.15) is 49.2 Å². The second kappa shape index (κ2) is 11.7. The summed E-state index contributed by atoms with van der Waals surface area (Å²) in [5.41, 5.74) is 11.0. The monoisotopic (exact) mass is 517 g/mol. The number of aromatic nitrogens is 2. The van der Waals surface area contributed by atoms with Crippen LogP contribution in [0.25, 0.3) is 22.0 Å². The molecule has 202 valence electrons. The molecule has 2 amide bonds. The van der Waals surface area contributed by atoms with Gasteiger partial charge >= 0.3 is 0 Å². The molecule has 0 spiro atoms. The average Bonchev–Trinajstić information content (AvgIpc) is 3.28. The summed E-state index contributed by atoms with van der Waals surface area (Å²) in [6.07, 6.45) is 4.96. The summed E-state index contributed by atoms with van der Waals surface area (Å²) < 4.78 is 2.24. The average molecular weight is 518 g/mol. The Bertz CT molecular complexity index is 1350. The molecule has 1 fully saturated rings. The Morgan fingerprint density at radius 2 is 1.92 bits per heavy atom. The third kappa shape index (κ3) is 5.52. The minimum absolute atomic E-state index is 0.0403. The molecule has 5 N–H and O–H groups in total. The van der Waals surface area contributed by atoms with Crippen molar-refractivity contribution in [2.45, 2.75) is 40.2 Å². The Morgan fingerprint density at radius 1 is 1.18 bits per heavy atom. The van der Waals surface area contributed by atoms with Gasteiger partial charge in [0.05, 0.1) is 12.1 Å². The number of amides is 2. The molecule has 0 bridgehead atoms. The van der Waals surface area contributed by atoms with E-state index in [4.69, 9.17) is 10.7 Å². The molecule has 1 aromatic carbocycles. The van der Waals surface area contributed by atoms with E-state index in [1.54, 1.807) is 14.0 Å². The van der Waals surface area contributed by atoms with E-state index in [1.807, 2.05) is 25.3 Å². The number of rotatable bonds is 9. The first-order valence-electron chi connectivity index (χ1n) is 13.3. The summed E-state index contributed by atoms with van der Waals surface area (Å²) in [6, 6.07) is 8.46. The van der Waals surface area contributed by atoms with Gasteiger partial charge in [0.1, 0.15) is 5.82 Å². The highest BCUT2D eigenvalue weighted by Crippen LogP contribution is 2.33. The third-order valence-corrected chi connectivity index (χ3v) is 7.51. The number of carbonyl (C=O) groups excluding carboxylic acids is 2. The molecule has 1 aliphatic heterocycles. The van der Waals surface area contributed by atoms with Gasteiger partial charge in [0.25, 0.3) is 5.91 Å². The molecule has 2 aromatic heterocycles. The van der Waals surface area contributed by atoms with Gasteiger partial charge in [-0.25, -0.2) is 4.98 Å². The molecule has 4 rings (SSSR count). The zero-order valence-electron chi connectivity index (χ0n) is 23.0. The van der Waals surface area contributed by atoms with Gasteiger partial charge < -0.3 is 31.2 Å². The van der Waals surface area contributed by atoms with Crippen LogP contribution in [0.4, 0.5) is 5.82 Å². The topological polar surface area (TPSA) is 117 Å². The predicted molar refractivity (Wildman–Crippen MR) is 153 cm³/mol. The third-order valence-electron chi connectivity index (χ3n) is 7.51. The minimum atomic E-state index is -0.564. The Balaban J connectivity index is 1.76. The fraction of sp³-hybridized carbons (Fsp3) is 0.414. The van der Waals surface area contributed by atoms with Crippen LogP contribution in [0.2, 0.25) is 0 Å². The molecule has 3 heterocycles. The number of allylic oxidation sites excluding steroid dienone is 1. The van der Waals surface area contributed by atoms with E-state index >= 15 is 0 Å². The highest BCUT2D eigenvalue weighted by atomic mass is 16.2. The Hall–Kier alpha value is -3.85. The van der Waals surface area contributed by atoms with Gasteiger partial charge in [-0.15, -0.1) is 0 Å². The molecule has 3 aromatic rings. The van der Waals surface area contributed by atoms with Gasteiger partial charge in [0.2, 0.25) is 5.91 Å². The quantitative estimate of drug-likeness (QED) is 0.324. The number of nitrogens with one attached hydrogen (secondary N) is 3. The second-order valence-corrected chi connectivity index (χ2v) is 9.94. The van der Waals surface area contributed by atoms with Crippen molar-refractivity contribution in [2.75, 3.05) is 44.7 Å². The highest BCUT2D eigenvalue weighted by Gasteiger charge is 2.21. The standard InChI is InChI=1S/C29H39N7O2/c1-6-19(3)36-17-18(2)27-23(29(38)34-16-24(28(30)37)20(4)31-5)13-22(14-25(27)36)21-7-8-26(33-15-21)35-11-9-32-10-12-35/h7-8,13-15,17,19,31-32H,6,9-12,16H2,1-5H3,(H2,30,37)(H,34,38)/b24-20-. The fourth-order valence-electron chi connectivity index (χ4n) is 4.95. The van der Waals surface area contributed by atoms with Crippen molar-refractivity contribution in [3.05, 3.63) is 59.1 Å². The van der Waals surface area contributed by atoms with E-state index in [9.17, 15) is 9.59 Å². The number of hydrogen-bond acceptors (Lipinski definition) is 6. The molecule has 0 radical (unpaired) electrons. The number of benzene rings is 1. The summed E-state index contributed by atoms with van der Waals surface area (Å²) in [5.74, 6) is 0.138. The van der Waals surface area contributed by atoms with Crippen LogP contribution >= 0.6 is 0 Å². The van der Waals surface area contributed by atoms with Crippen molar-refractivity contribution in [2.24, 2.45) is 5.73 Å². The lowest BCUT2D eigenvalue weighted by molar-refractivity contribution is -0.114. The number of hydrogen-bond donors (Lipinski definition) is 4. The Kier molecular flexibility index (Phi) is 8.36. The summed E-state index contributed by atoms with van der Waals surface area (Å²) >= 11 is 0. The van der Waals surface area contributed by atoms with Crippen molar-refractivity contribution in [1.29, 1.82) is 0 Å². The van der Waals surface area contributed by atoms with E-state index < -0.39 is 5.91 Å². The first-order chi connectivity index (χ1) is 18.2. The number of nitrogens with two attached hydrogens (primary N) is 1. The molecule has 38 heavy (non-hydrogen) atoms. The first kappa shape index (κ1) is 27.2. The molecular weight excluding hydrogens is 478 g/mol. The van der Waals surface area contributed by atoms with Crippen LogP contribution in [-0.2, 0) is 4.79 Å². The predicted octanol–water partition coefficient (Wildman–Crippen LogP) is 3.10. The molecule has 1 unspecified atom stereocenters. The maximum absolute atomic E-state index is 13.6. The SMILES string of the molecule is CCC(C)n1cc(C)c2c(C(=O)NC/C(C(N)=O)=C(\C)NC)cc(-c3ccc(N4CCNCC4)nc3)cc21. The smallest absolute Gasteiger partial charge is 0.252 e. The van der Waals surface area contributed by atoms with Crippen LogP contribution in [0.15, 0.2) is 47.9 Å². The minimum Gasteiger partial charge on any atom is -0.391 e. The number of fused-ring (bicyclic) bond motifs is 1. The maximum Gasteiger partial charge on any atom is 0.252 e. The number of pyridine rings is 1. The largest absolute Gasteiger partial charge is 0.391 e. The number of aryl methyl sites for hydroxylation is 1. The summed E-state index contributed by atoms with van der Waals surface area (Å²) in [4.78, 5) is 32.6. The lowest BCUT2D eigenvalue weighted by atomic mass is 9.98. The fourth-order valence-corrected chi connectivity index (χ4v) is 4.95. The van der Waals surface area contributed by atoms with E-state index in [1.165, 1.54) is 0 Å². The van der Waals surface area contributed by atoms with Crippen molar-refractivity contribution < 1.29 is 9.59 Å². The van der Waals surface area contributed by atoms with Gasteiger partial charge in [-0.2, -0.15) is 0 Å². The molecule has 0 saturated carbocycles. The van der Waals surface area contributed by atoms with Crippen LogP contribution in [0.5, 0.6) is 0 Å². The maximum atomic E-state index is 13.6. The Labute approximate surface area is 224 Å². The summed E-state index contributed by atoms with van der Waals surface area (Å²) in [7, 11) is 1.72. The lowest BCUT2D eigenvalue weighted by Crippen LogP contribution is -2.43. The van der Waals surface area contributed by atoms with Crippen molar-refractivity contribution in [1.82, 2.24) is 25.5 Å². The zero-order valence-corrected chi connectivity index (χ0v) is 23.0. The van der Waals surface area contributed by atoms with Crippen LogP contribution < -0.4 is 26.6 Å². The van der Waals surface area contributed by atoms with Gasteiger partial charge in [-0.3, -0.25) is 9.59 Å². The number of carbonyl (C=O) groups is 2. The zero-order chi connectivity index (χ0) is 27.4. The Morgan fingerprint density at radius 3 is 2.53 bits per heavy atom. The van der Waals surface area contributed by atoms with Crippen molar-refractivity contribution in [3.8, 4) is 11.1 Å². The lowest BCUT2D eigenvalue weighted by Gasteiger charge is -2.28. The van der Waals surface area contributed by atoms with Crippen LogP contribution in [-0.4, -0.2) is 61.1 Å². The number of nitrogens with zero attached hydrogens (tertiary/aromatic N) is 3. The molecule has 1 atom stereocenters. The van der Waals surface area contributed by atoms with Gasteiger partial charge in [0, 0.05) is 79.4 Å². The number of primary amides is 1. The molecule has 9 heteroatoms. The van der Waals surface area contributed by atoms with Crippen LogP contribution in [0, 0.1) is 6.92 Å². The second-order valence-electron chi connectivity index (χ2n) is 9.94. The number of anilines is 1. The van der Waals surface area contributed by atoms with Crippen molar-refractivity contribution >= 4 is 28.5 Å². The molecule has 1 saturated heterocycles. The van der Waals surface area contributed by atoms with E-state index in [0.717, 1.165) is 66.0 Å². The van der Waals surface area contributed by atoms with E-state index in [2.05, 4.69) is 57.6 Å². The summed E-state index contributed by atoms with van der Waals surface area (Å²) in [5, 5.41) is 10.1. The van der Waals surface area contributed by atoms with Gasteiger partial charge in [0.15, 0.2) is 0 Å². The van der Waals surface area contributed by atoms with E-state index in [0.29, 0.717) is 16.8 Å². The molecule has 9 nitrogen and oxygen atoms in total. The first-order valence-corrected chi connectivity index (χ1v) is 13.3.